The number of hydrogen-bond acceptors (Lipinski definition) is 7. The van der Waals surface area contributed by atoms with Gasteiger partial charge in [0.2, 0.25) is 0 Å². The van der Waals surface area contributed by atoms with E-state index in [9.17, 15) is 14.7 Å². The lowest BCUT2D eigenvalue weighted by atomic mass is 10.1. The number of aliphatic hydroxyl groups is 1. The van der Waals surface area contributed by atoms with Crippen LogP contribution in [0.25, 0.3) is 0 Å². The van der Waals surface area contributed by atoms with E-state index in [0.29, 0.717) is 23.0 Å². The molecule has 0 saturated heterocycles. The number of carbonyl (C=O) groups excluding carboxylic acids is 2. The smallest absolute Gasteiger partial charge is 0.267 e. The van der Waals surface area contributed by atoms with Crippen LogP contribution >= 0.6 is 46.1 Å². The molecular formula is C23H18Cl3N5O4S. The third kappa shape index (κ3) is 5.48. The number of nitrogens with zero attached hydrogens (tertiary/aromatic N) is 3. The molecule has 0 fully saturated rings. The van der Waals surface area contributed by atoms with Crippen LogP contribution in [0.15, 0.2) is 48.2 Å². The van der Waals surface area contributed by atoms with Gasteiger partial charge in [-0.25, -0.2) is 9.97 Å². The molecule has 0 radical (unpaired) electrons. The summed E-state index contributed by atoms with van der Waals surface area (Å²) in [5, 5.41) is 17.4. The van der Waals surface area contributed by atoms with Gasteiger partial charge in [0.1, 0.15) is 23.1 Å². The van der Waals surface area contributed by atoms with Gasteiger partial charge in [-0.2, -0.15) is 0 Å². The molecule has 9 nitrogen and oxygen atoms in total. The monoisotopic (exact) mass is 565 g/mol. The predicted octanol–water partition coefficient (Wildman–Crippen LogP) is 5.35. The number of pyridine rings is 1. The highest BCUT2D eigenvalue weighted by atomic mass is 35.5. The molecule has 3 aromatic heterocycles. The summed E-state index contributed by atoms with van der Waals surface area (Å²) in [7, 11) is 1.37. The van der Waals surface area contributed by atoms with Crippen molar-refractivity contribution in [2.45, 2.75) is 13.2 Å². The van der Waals surface area contributed by atoms with Crippen LogP contribution in [-0.4, -0.2) is 38.6 Å². The molecule has 0 unspecified atom stereocenters. The summed E-state index contributed by atoms with van der Waals surface area (Å²) in [4.78, 5) is 34.6. The number of halogens is 3. The molecule has 0 aliphatic heterocycles. The van der Waals surface area contributed by atoms with Crippen molar-refractivity contribution in [2.24, 2.45) is 0 Å². The maximum Gasteiger partial charge on any atom is 0.267 e. The molecule has 186 valence electrons. The number of rotatable bonds is 8. The molecule has 36 heavy (non-hydrogen) atoms. The van der Waals surface area contributed by atoms with E-state index in [2.05, 4.69) is 20.6 Å². The Morgan fingerprint density at radius 1 is 1.11 bits per heavy atom. The molecule has 0 spiro atoms. The molecule has 0 aliphatic carbocycles. The standard InChI is InChI=1S/C23H18Cl3N5O4S/c1-35-20-15(25)4-3-14(22(33)29-16-5-2-13(24)8-28-16)19(20)30-23(34)21-18(26)12(11-36-21)9-31-7-6-27-17(31)10-32/h2-8,11,32H,9-10H2,1H3,(H,30,34)(H,28,29,33). The minimum absolute atomic E-state index is 0.0738. The van der Waals surface area contributed by atoms with Crippen LogP contribution in [0.5, 0.6) is 5.75 Å². The molecule has 0 saturated carbocycles. The first-order chi connectivity index (χ1) is 17.3. The van der Waals surface area contributed by atoms with Crippen molar-refractivity contribution in [3.8, 4) is 5.75 Å². The highest BCUT2D eigenvalue weighted by Gasteiger charge is 2.24. The van der Waals surface area contributed by atoms with E-state index >= 15 is 0 Å². The quantitative estimate of drug-likeness (QED) is 0.264. The van der Waals surface area contributed by atoms with Gasteiger partial charge < -0.3 is 25.0 Å². The van der Waals surface area contributed by atoms with Crippen LogP contribution in [0, 0.1) is 0 Å². The molecule has 3 N–H and O–H groups in total. The highest BCUT2D eigenvalue weighted by Crippen LogP contribution is 2.38. The van der Waals surface area contributed by atoms with Gasteiger partial charge in [0.25, 0.3) is 11.8 Å². The molecule has 3 heterocycles. The number of carbonyl (C=O) groups is 2. The van der Waals surface area contributed by atoms with Crippen molar-refractivity contribution in [1.82, 2.24) is 14.5 Å². The third-order valence-corrected chi connectivity index (χ3v) is 7.15. The second kappa shape index (κ2) is 11.3. The van der Waals surface area contributed by atoms with E-state index < -0.39 is 11.8 Å². The van der Waals surface area contributed by atoms with E-state index in [0.717, 1.165) is 11.3 Å². The molecule has 0 bridgehead atoms. The van der Waals surface area contributed by atoms with Crippen LogP contribution in [-0.2, 0) is 13.2 Å². The third-order valence-electron chi connectivity index (χ3n) is 5.06. The lowest BCUT2D eigenvalue weighted by Crippen LogP contribution is -2.19. The number of imidazole rings is 1. The fraction of sp³-hybridized carbons (Fsp3) is 0.130. The number of methoxy groups -OCH3 is 1. The van der Waals surface area contributed by atoms with Crippen molar-refractivity contribution in [1.29, 1.82) is 0 Å². The number of aliphatic hydroxyl groups excluding tert-OH is 1. The summed E-state index contributed by atoms with van der Waals surface area (Å²) in [5.41, 5.74) is 0.842. The van der Waals surface area contributed by atoms with Crippen LogP contribution in [0.1, 0.15) is 31.4 Å². The van der Waals surface area contributed by atoms with Crippen molar-refractivity contribution in [2.75, 3.05) is 17.7 Å². The second-order valence-corrected chi connectivity index (χ2v) is 9.41. The van der Waals surface area contributed by atoms with Crippen molar-refractivity contribution < 1.29 is 19.4 Å². The van der Waals surface area contributed by atoms with E-state index in [1.54, 1.807) is 34.5 Å². The van der Waals surface area contributed by atoms with Gasteiger partial charge in [0, 0.05) is 24.2 Å². The minimum Gasteiger partial charge on any atom is -0.493 e. The van der Waals surface area contributed by atoms with Crippen LogP contribution in [0.2, 0.25) is 15.1 Å². The zero-order chi connectivity index (χ0) is 25.8. The first kappa shape index (κ1) is 25.9. The number of nitrogens with one attached hydrogen (secondary N) is 2. The van der Waals surface area contributed by atoms with E-state index in [4.69, 9.17) is 39.5 Å². The number of thiophene rings is 1. The molecule has 4 aromatic rings. The maximum atomic E-state index is 13.2. The zero-order valence-electron chi connectivity index (χ0n) is 18.6. The van der Waals surface area contributed by atoms with Gasteiger partial charge in [-0.15, -0.1) is 11.3 Å². The maximum absolute atomic E-state index is 13.2. The van der Waals surface area contributed by atoms with Crippen LogP contribution < -0.4 is 15.4 Å². The van der Waals surface area contributed by atoms with Gasteiger partial charge in [-0.3, -0.25) is 9.59 Å². The first-order valence-corrected chi connectivity index (χ1v) is 12.3. The van der Waals surface area contributed by atoms with Crippen LogP contribution in [0.3, 0.4) is 0 Å². The minimum atomic E-state index is -0.552. The van der Waals surface area contributed by atoms with Gasteiger partial charge >= 0.3 is 0 Å². The van der Waals surface area contributed by atoms with Gasteiger partial charge in [-0.1, -0.05) is 34.8 Å². The fourth-order valence-electron chi connectivity index (χ4n) is 3.33. The zero-order valence-corrected chi connectivity index (χ0v) is 21.7. The van der Waals surface area contributed by atoms with Gasteiger partial charge in [0.05, 0.1) is 40.0 Å². The summed E-state index contributed by atoms with van der Waals surface area (Å²) < 4.78 is 7.10. The molecular weight excluding hydrogens is 549 g/mol. The summed E-state index contributed by atoms with van der Waals surface area (Å²) in [5.74, 6) is -0.255. The number of aromatic nitrogens is 3. The Bertz CT molecular complexity index is 1420. The average Bonchev–Trinajstić information content (AvgIpc) is 3.47. The second-order valence-electron chi connectivity index (χ2n) is 7.31. The molecule has 4 rings (SSSR count). The Hall–Kier alpha value is -3.15. The Morgan fingerprint density at radius 2 is 1.92 bits per heavy atom. The van der Waals surface area contributed by atoms with Crippen molar-refractivity contribution >= 4 is 69.5 Å². The predicted molar refractivity (Wildman–Crippen MR) is 140 cm³/mol. The Morgan fingerprint density at radius 3 is 2.61 bits per heavy atom. The topological polar surface area (TPSA) is 118 Å². The van der Waals surface area contributed by atoms with E-state index in [1.807, 2.05) is 0 Å². The normalized spacial score (nSPS) is 10.8. The number of hydrogen-bond donors (Lipinski definition) is 3. The lowest BCUT2D eigenvalue weighted by molar-refractivity contribution is 0.102. The molecule has 2 amide bonds. The molecule has 0 atom stereocenters. The van der Waals surface area contributed by atoms with Gasteiger partial charge in [-0.05, 0) is 29.6 Å². The Kier molecular flexibility index (Phi) is 8.12. The Balaban J connectivity index is 1.61. The lowest BCUT2D eigenvalue weighted by Gasteiger charge is -2.16. The number of benzene rings is 1. The highest BCUT2D eigenvalue weighted by molar-refractivity contribution is 7.13. The fourth-order valence-corrected chi connectivity index (χ4v) is 4.92. The van der Waals surface area contributed by atoms with Gasteiger partial charge in [0.15, 0.2) is 5.75 Å². The summed E-state index contributed by atoms with van der Waals surface area (Å²) >= 11 is 19.8. The van der Waals surface area contributed by atoms with Crippen LogP contribution in [0.4, 0.5) is 11.5 Å². The van der Waals surface area contributed by atoms with E-state index in [1.165, 1.54) is 25.4 Å². The first-order valence-electron chi connectivity index (χ1n) is 10.3. The Labute approximate surface area is 224 Å². The SMILES string of the molecule is COc1c(Cl)ccc(C(=O)Nc2ccc(Cl)cn2)c1NC(=O)c1scc(Cn2ccnc2CO)c1Cl. The van der Waals surface area contributed by atoms with Crippen molar-refractivity contribution in [3.63, 3.8) is 0 Å². The largest absolute Gasteiger partial charge is 0.493 e. The summed E-state index contributed by atoms with van der Waals surface area (Å²) in [6, 6.07) is 6.07. The number of amides is 2. The van der Waals surface area contributed by atoms with E-state index in [-0.39, 0.29) is 44.3 Å². The van der Waals surface area contributed by atoms with Crippen molar-refractivity contribution in [3.05, 3.63) is 85.1 Å². The molecule has 13 heteroatoms. The molecule has 1 aromatic carbocycles. The number of anilines is 2. The summed E-state index contributed by atoms with van der Waals surface area (Å²) in [6.45, 7) is 0.0911. The molecule has 0 aliphatic rings. The summed E-state index contributed by atoms with van der Waals surface area (Å²) in [6.07, 6.45) is 4.67. The number of ether oxygens (including phenoxy) is 1. The average molecular weight is 567 g/mol.